The van der Waals surface area contributed by atoms with Crippen molar-refractivity contribution in [2.75, 3.05) is 5.32 Å². The fraction of sp³-hybridized carbons (Fsp3) is 0.0667. The van der Waals surface area contributed by atoms with Gasteiger partial charge in [-0.3, -0.25) is 4.79 Å². The van der Waals surface area contributed by atoms with Crippen LogP contribution in [0.5, 0.6) is 0 Å². The van der Waals surface area contributed by atoms with Crippen LogP contribution in [0.25, 0.3) is 17.5 Å². The Labute approximate surface area is 126 Å². The minimum Gasteiger partial charge on any atom is -0.465 e. The van der Waals surface area contributed by atoms with E-state index in [0.717, 1.165) is 5.56 Å². The average Bonchev–Trinajstić information content (AvgIpc) is 3.16. The molecule has 0 aliphatic rings. The Morgan fingerprint density at radius 1 is 1.32 bits per heavy atom. The minimum atomic E-state index is -0.246. The summed E-state index contributed by atoms with van der Waals surface area (Å²) in [6, 6.07) is 10.8. The molecule has 0 saturated carbocycles. The molecule has 0 atom stereocenters. The van der Waals surface area contributed by atoms with Crippen molar-refractivity contribution in [2.45, 2.75) is 0 Å². The van der Waals surface area contributed by atoms with Gasteiger partial charge in [-0.2, -0.15) is 0 Å². The van der Waals surface area contributed by atoms with Crippen LogP contribution in [0.1, 0.15) is 5.76 Å². The summed E-state index contributed by atoms with van der Waals surface area (Å²) < 4.78 is 6.69. The highest BCUT2D eigenvalue weighted by molar-refractivity contribution is 6.02. The molecule has 3 aromatic rings. The topological polar surface area (TPSA) is 85.8 Å². The molecule has 22 heavy (non-hydrogen) atoms. The quantitative estimate of drug-likeness (QED) is 0.745. The molecule has 3 rings (SSSR count). The normalized spacial score (nSPS) is 11.0. The molecule has 0 unspecified atom stereocenters. The van der Waals surface area contributed by atoms with E-state index in [1.165, 1.54) is 6.08 Å². The van der Waals surface area contributed by atoms with E-state index in [-0.39, 0.29) is 5.91 Å². The van der Waals surface area contributed by atoms with Gasteiger partial charge in [0.05, 0.1) is 6.26 Å². The molecule has 0 aliphatic heterocycles. The van der Waals surface area contributed by atoms with Gasteiger partial charge >= 0.3 is 0 Å². The summed E-state index contributed by atoms with van der Waals surface area (Å²) in [7, 11) is 1.76. The Hall–Kier alpha value is -3.22. The molecule has 0 saturated heterocycles. The third-order valence-corrected chi connectivity index (χ3v) is 2.95. The van der Waals surface area contributed by atoms with Gasteiger partial charge in [-0.1, -0.05) is 12.1 Å². The van der Waals surface area contributed by atoms with Crippen LogP contribution in [-0.2, 0) is 11.8 Å². The van der Waals surface area contributed by atoms with E-state index in [9.17, 15) is 4.79 Å². The summed E-state index contributed by atoms with van der Waals surface area (Å²) in [6.45, 7) is 0. The third-order valence-electron chi connectivity index (χ3n) is 2.95. The summed E-state index contributed by atoms with van der Waals surface area (Å²) in [4.78, 5) is 11.9. The van der Waals surface area contributed by atoms with Crippen molar-refractivity contribution in [3.05, 3.63) is 54.5 Å². The second-order valence-corrected chi connectivity index (χ2v) is 4.54. The highest BCUT2D eigenvalue weighted by Gasteiger charge is 2.07. The molecule has 0 fully saturated rings. The van der Waals surface area contributed by atoms with Crippen LogP contribution in [-0.4, -0.2) is 26.1 Å². The first-order chi connectivity index (χ1) is 10.7. The molecule has 2 heterocycles. The minimum absolute atomic E-state index is 0.246. The van der Waals surface area contributed by atoms with Gasteiger partial charge in [0.2, 0.25) is 5.91 Å². The van der Waals surface area contributed by atoms with E-state index in [2.05, 4.69) is 20.8 Å². The number of aromatic nitrogens is 4. The van der Waals surface area contributed by atoms with Gasteiger partial charge < -0.3 is 9.73 Å². The van der Waals surface area contributed by atoms with Crippen LogP contribution in [0.15, 0.2) is 53.2 Å². The van der Waals surface area contributed by atoms with E-state index in [1.807, 2.05) is 18.2 Å². The lowest BCUT2D eigenvalue weighted by Gasteiger charge is -2.04. The number of nitrogens with zero attached hydrogens (tertiary/aromatic N) is 4. The largest absolute Gasteiger partial charge is 0.465 e. The van der Waals surface area contributed by atoms with Crippen LogP contribution in [0.3, 0.4) is 0 Å². The van der Waals surface area contributed by atoms with E-state index >= 15 is 0 Å². The highest BCUT2D eigenvalue weighted by Crippen LogP contribution is 2.19. The van der Waals surface area contributed by atoms with Gasteiger partial charge in [-0.15, -0.1) is 5.10 Å². The van der Waals surface area contributed by atoms with Crippen LogP contribution in [0.4, 0.5) is 5.69 Å². The summed E-state index contributed by atoms with van der Waals surface area (Å²) in [5, 5.41) is 14.1. The van der Waals surface area contributed by atoms with Gasteiger partial charge in [-0.05, 0) is 40.8 Å². The summed E-state index contributed by atoms with van der Waals surface area (Å²) in [5.41, 5.74) is 1.48. The molecule has 0 aliphatic carbocycles. The predicted octanol–water partition coefficient (Wildman–Crippen LogP) is 2.12. The monoisotopic (exact) mass is 295 g/mol. The predicted molar refractivity (Wildman–Crippen MR) is 80.6 cm³/mol. The Morgan fingerprint density at radius 3 is 2.95 bits per heavy atom. The number of benzene rings is 1. The number of hydrogen-bond donors (Lipinski definition) is 1. The van der Waals surface area contributed by atoms with Gasteiger partial charge in [0, 0.05) is 24.4 Å². The first-order valence-electron chi connectivity index (χ1n) is 6.58. The van der Waals surface area contributed by atoms with Crippen LogP contribution in [0.2, 0.25) is 0 Å². The molecule has 0 radical (unpaired) electrons. The molecule has 0 bridgehead atoms. The van der Waals surface area contributed by atoms with Crippen LogP contribution >= 0.6 is 0 Å². The molecule has 1 aromatic carbocycles. The van der Waals surface area contributed by atoms with E-state index < -0.39 is 0 Å². The maximum absolute atomic E-state index is 11.9. The first kappa shape index (κ1) is 13.7. The fourth-order valence-corrected chi connectivity index (χ4v) is 1.94. The van der Waals surface area contributed by atoms with E-state index in [1.54, 1.807) is 42.3 Å². The van der Waals surface area contributed by atoms with E-state index in [0.29, 0.717) is 17.3 Å². The standard InChI is InChI=1S/C15H13N5O2/c1-20-15(17-18-19-20)11-4-2-5-12(10-11)16-14(21)8-7-13-6-3-9-22-13/h2-10H,1H3,(H,16,21)/b8-7+. The highest BCUT2D eigenvalue weighted by atomic mass is 16.3. The number of tetrazole rings is 1. The first-order valence-corrected chi connectivity index (χ1v) is 6.58. The molecule has 2 aromatic heterocycles. The van der Waals surface area contributed by atoms with Crippen LogP contribution in [0, 0.1) is 0 Å². The van der Waals surface area contributed by atoms with Crippen molar-refractivity contribution in [2.24, 2.45) is 7.05 Å². The number of furan rings is 1. The molecule has 1 N–H and O–H groups in total. The maximum Gasteiger partial charge on any atom is 0.248 e. The lowest BCUT2D eigenvalue weighted by molar-refractivity contribution is -0.111. The van der Waals surface area contributed by atoms with Gasteiger partial charge in [0.15, 0.2) is 5.82 Å². The fourth-order valence-electron chi connectivity index (χ4n) is 1.94. The Morgan fingerprint density at radius 2 is 2.23 bits per heavy atom. The summed E-state index contributed by atoms with van der Waals surface area (Å²) >= 11 is 0. The number of carbonyl (C=O) groups is 1. The van der Waals surface area contributed by atoms with Crippen molar-refractivity contribution in [1.29, 1.82) is 0 Å². The lowest BCUT2D eigenvalue weighted by atomic mass is 10.2. The molecule has 110 valence electrons. The lowest BCUT2D eigenvalue weighted by Crippen LogP contribution is -2.07. The van der Waals surface area contributed by atoms with Crippen LogP contribution < -0.4 is 5.32 Å². The van der Waals surface area contributed by atoms with Crippen molar-refractivity contribution < 1.29 is 9.21 Å². The molecule has 7 heteroatoms. The molecule has 1 amide bonds. The van der Waals surface area contributed by atoms with Gasteiger partial charge in [0.25, 0.3) is 0 Å². The van der Waals surface area contributed by atoms with Gasteiger partial charge in [-0.25, -0.2) is 4.68 Å². The zero-order valence-electron chi connectivity index (χ0n) is 11.8. The molecular formula is C15H13N5O2. The second-order valence-electron chi connectivity index (χ2n) is 4.54. The van der Waals surface area contributed by atoms with Gasteiger partial charge in [0.1, 0.15) is 5.76 Å². The zero-order valence-corrected chi connectivity index (χ0v) is 11.8. The molecule has 7 nitrogen and oxygen atoms in total. The number of anilines is 1. The van der Waals surface area contributed by atoms with Crippen molar-refractivity contribution in [3.63, 3.8) is 0 Å². The Bertz CT molecular complexity index is 805. The molecule has 0 spiro atoms. The van der Waals surface area contributed by atoms with Crippen molar-refractivity contribution in [1.82, 2.24) is 20.2 Å². The second kappa shape index (κ2) is 6.04. The third kappa shape index (κ3) is 3.09. The number of amides is 1. The maximum atomic E-state index is 11.9. The Balaban J connectivity index is 1.73. The Kier molecular flexibility index (Phi) is 3.78. The average molecular weight is 295 g/mol. The number of carbonyl (C=O) groups excluding carboxylic acids is 1. The van der Waals surface area contributed by atoms with Crippen molar-refractivity contribution in [3.8, 4) is 11.4 Å². The summed E-state index contributed by atoms with van der Waals surface area (Å²) in [5.74, 6) is 1.00. The number of hydrogen-bond acceptors (Lipinski definition) is 5. The molecular weight excluding hydrogens is 282 g/mol. The number of nitrogens with one attached hydrogen (secondary N) is 1. The van der Waals surface area contributed by atoms with E-state index in [4.69, 9.17) is 4.42 Å². The SMILES string of the molecule is Cn1nnnc1-c1cccc(NC(=O)/C=C/c2ccco2)c1. The summed E-state index contributed by atoms with van der Waals surface area (Å²) in [6.07, 6.45) is 4.57. The smallest absolute Gasteiger partial charge is 0.248 e. The number of rotatable bonds is 4. The zero-order chi connectivity index (χ0) is 15.4. The van der Waals surface area contributed by atoms with Crippen molar-refractivity contribution >= 4 is 17.7 Å². The number of aryl methyl sites for hydroxylation is 1.